The first-order chi connectivity index (χ1) is 17.7. The molecule has 1 aromatic carbocycles. The number of carbonyl (C=O) groups is 1. The maximum absolute atomic E-state index is 13.7. The summed E-state index contributed by atoms with van der Waals surface area (Å²) in [7, 11) is -7.90. The van der Waals surface area contributed by atoms with Crippen LogP contribution in [0.2, 0.25) is 0 Å². The summed E-state index contributed by atoms with van der Waals surface area (Å²) >= 11 is 0. The number of aromatic nitrogens is 2. The Morgan fingerprint density at radius 1 is 1.19 bits per heavy atom. The van der Waals surface area contributed by atoms with Crippen molar-refractivity contribution in [2.24, 2.45) is 0 Å². The zero-order valence-corrected chi connectivity index (χ0v) is 21.9. The van der Waals surface area contributed by atoms with Crippen molar-refractivity contribution < 1.29 is 21.6 Å². The van der Waals surface area contributed by atoms with Crippen molar-refractivity contribution in [1.82, 2.24) is 14.3 Å². The van der Waals surface area contributed by atoms with Crippen molar-refractivity contribution in [3.05, 3.63) is 48.8 Å². The molecule has 0 unspecified atom stereocenters. The molecule has 0 bridgehead atoms. The number of benzene rings is 1. The Morgan fingerprint density at radius 3 is 2.54 bits per heavy atom. The second-order valence-corrected chi connectivity index (χ2v) is 12.4. The molecule has 37 heavy (non-hydrogen) atoms. The predicted octanol–water partition coefficient (Wildman–Crippen LogP) is 2.42. The summed E-state index contributed by atoms with van der Waals surface area (Å²) in [5, 5.41) is 15.1. The van der Waals surface area contributed by atoms with Crippen molar-refractivity contribution in [3.63, 3.8) is 0 Å². The fourth-order valence-corrected chi connectivity index (χ4v) is 7.67. The lowest BCUT2D eigenvalue weighted by molar-refractivity contribution is -0.115. The van der Waals surface area contributed by atoms with Gasteiger partial charge in [-0.3, -0.25) is 9.10 Å². The number of piperidine rings is 1. The van der Waals surface area contributed by atoms with Gasteiger partial charge >= 0.3 is 0 Å². The second-order valence-electron chi connectivity index (χ2n) is 8.66. The minimum atomic E-state index is -4.03. The summed E-state index contributed by atoms with van der Waals surface area (Å²) in [6.07, 6.45) is 3.58. The largest absolute Gasteiger partial charge is 0.322 e. The zero-order valence-electron chi connectivity index (χ0n) is 20.3. The molecule has 3 heterocycles. The molecule has 0 spiro atoms. The number of nitrogens with zero attached hydrogens (tertiary/aromatic N) is 4. The van der Waals surface area contributed by atoms with E-state index >= 15 is 0 Å². The Balaban J connectivity index is 1.98. The summed E-state index contributed by atoms with van der Waals surface area (Å²) in [5.74, 6) is -0.755. The highest BCUT2D eigenvalue weighted by molar-refractivity contribution is 7.92. The number of fused-ring (bicyclic) bond motifs is 1. The molecule has 1 amide bonds. The van der Waals surface area contributed by atoms with Crippen LogP contribution in [-0.4, -0.2) is 56.6 Å². The third-order valence-corrected chi connectivity index (χ3v) is 9.77. The molecule has 0 saturated carbocycles. The van der Waals surface area contributed by atoms with Crippen LogP contribution in [0.1, 0.15) is 32.6 Å². The van der Waals surface area contributed by atoms with Gasteiger partial charge < -0.3 is 10.6 Å². The quantitative estimate of drug-likeness (QED) is 0.416. The third-order valence-electron chi connectivity index (χ3n) is 6.09. The van der Waals surface area contributed by atoms with E-state index in [2.05, 4.69) is 15.6 Å². The number of nitriles is 1. The van der Waals surface area contributed by atoms with E-state index in [1.165, 1.54) is 34.9 Å². The zero-order chi connectivity index (χ0) is 26.6. The molecule has 3 aromatic rings. The van der Waals surface area contributed by atoms with E-state index in [0.717, 1.165) is 3.97 Å². The van der Waals surface area contributed by atoms with Crippen LogP contribution in [-0.2, 0) is 24.8 Å². The molecule has 196 valence electrons. The molecule has 1 aliphatic heterocycles. The van der Waals surface area contributed by atoms with Crippen LogP contribution in [0.4, 0.5) is 11.4 Å². The van der Waals surface area contributed by atoms with Crippen LogP contribution >= 0.6 is 0 Å². The maximum Gasteiger partial charge on any atom is 0.269 e. The van der Waals surface area contributed by atoms with Gasteiger partial charge in [0.25, 0.3) is 10.0 Å². The number of nitrogens with one attached hydrogen (secondary N) is 2. The number of hydrogen-bond donors (Lipinski definition) is 2. The lowest BCUT2D eigenvalue weighted by atomic mass is 10.1. The summed E-state index contributed by atoms with van der Waals surface area (Å²) in [5.41, 5.74) is 0.280. The highest BCUT2D eigenvalue weighted by Crippen LogP contribution is 2.39. The Kier molecular flexibility index (Phi) is 7.82. The van der Waals surface area contributed by atoms with E-state index in [4.69, 9.17) is 5.26 Å². The highest BCUT2D eigenvalue weighted by atomic mass is 32.2. The van der Waals surface area contributed by atoms with Crippen LogP contribution < -0.4 is 14.9 Å². The Hall–Kier alpha value is -3.47. The number of carbonyl (C=O) groups excluding carboxylic acids is 1. The predicted molar refractivity (Wildman–Crippen MR) is 140 cm³/mol. The van der Waals surface area contributed by atoms with E-state index in [9.17, 15) is 21.6 Å². The van der Waals surface area contributed by atoms with Crippen molar-refractivity contribution in [2.45, 2.75) is 43.5 Å². The lowest BCUT2D eigenvalue weighted by Gasteiger charge is -2.36. The Morgan fingerprint density at radius 2 is 1.89 bits per heavy atom. The maximum atomic E-state index is 13.7. The normalized spacial score (nSPS) is 14.8. The van der Waals surface area contributed by atoms with Gasteiger partial charge in [-0.25, -0.2) is 25.8 Å². The SMILES string of the molecule is CCCS(=O)(=O)N(c1c(NC(=O)CC#N)cnc2c1ccn2S(=O)(=O)c1ccccc1)C1CCNCC1. The van der Waals surface area contributed by atoms with Gasteiger partial charge in [-0.1, -0.05) is 25.1 Å². The van der Waals surface area contributed by atoms with Gasteiger partial charge in [0, 0.05) is 17.6 Å². The van der Waals surface area contributed by atoms with E-state index in [0.29, 0.717) is 32.4 Å². The molecular weight excluding hydrogens is 516 g/mol. The fraction of sp³-hybridized carbons (Fsp3) is 0.375. The molecule has 13 heteroatoms. The number of anilines is 2. The summed E-state index contributed by atoms with van der Waals surface area (Å²) < 4.78 is 56.5. The molecule has 0 aliphatic carbocycles. The first-order valence-electron chi connectivity index (χ1n) is 11.9. The van der Waals surface area contributed by atoms with Gasteiger partial charge in [0.2, 0.25) is 15.9 Å². The molecule has 1 saturated heterocycles. The van der Waals surface area contributed by atoms with Crippen LogP contribution in [0.25, 0.3) is 11.0 Å². The average Bonchev–Trinajstić information content (AvgIpc) is 3.32. The van der Waals surface area contributed by atoms with Gasteiger partial charge in [-0.05, 0) is 50.6 Å². The van der Waals surface area contributed by atoms with Crippen molar-refractivity contribution in [1.29, 1.82) is 5.26 Å². The van der Waals surface area contributed by atoms with Crippen LogP contribution in [0.5, 0.6) is 0 Å². The first-order valence-corrected chi connectivity index (χ1v) is 15.0. The molecule has 0 radical (unpaired) electrons. The molecule has 1 fully saturated rings. The third kappa shape index (κ3) is 5.31. The number of amides is 1. The molecule has 11 nitrogen and oxygen atoms in total. The van der Waals surface area contributed by atoms with Gasteiger partial charge in [-0.2, -0.15) is 5.26 Å². The standard InChI is InChI=1S/C24H28N6O5S2/c1-2-16-36(32,33)30(18-9-13-26-14-10-18)23-20-11-15-29(37(34,35)19-6-4-3-5-7-19)24(20)27-17-21(23)28-22(31)8-12-25/h3-7,11,15,17-18,26H,2,8-10,13-14,16H2,1H3,(H,28,31). The van der Waals surface area contributed by atoms with Gasteiger partial charge in [0.1, 0.15) is 6.42 Å². The van der Waals surface area contributed by atoms with E-state index in [-0.39, 0.29) is 33.1 Å². The lowest BCUT2D eigenvalue weighted by Crippen LogP contribution is -2.47. The number of rotatable bonds is 9. The van der Waals surface area contributed by atoms with Crippen molar-refractivity contribution in [3.8, 4) is 6.07 Å². The minimum Gasteiger partial charge on any atom is -0.322 e. The van der Waals surface area contributed by atoms with Gasteiger partial charge in [-0.15, -0.1) is 0 Å². The van der Waals surface area contributed by atoms with Crippen LogP contribution in [0, 0.1) is 11.3 Å². The van der Waals surface area contributed by atoms with Gasteiger partial charge in [0.15, 0.2) is 5.65 Å². The van der Waals surface area contributed by atoms with Crippen LogP contribution in [0.3, 0.4) is 0 Å². The van der Waals surface area contributed by atoms with E-state index < -0.39 is 38.4 Å². The first kappa shape index (κ1) is 26.6. The summed E-state index contributed by atoms with van der Waals surface area (Å²) in [4.78, 5) is 16.8. The van der Waals surface area contributed by atoms with Gasteiger partial charge in [0.05, 0.1) is 34.3 Å². The Bertz CT molecular complexity index is 1540. The molecule has 1 aliphatic rings. The molecule has 2 aromatic heterocycles. The average molecular weight is 545 g/mol. The summed E-state index contributed by atoms with van der Waals surface area (Å²) in [6, 6.07) is 10.7. The number of pyridine rings is 1. The summed E-state index contributed by atoms with van der Waals surface area (Å²) in [6.45, 7) is 2.98. The van der Waals surface area contributed by atoms with Crippen molar-refractivity contribution in [2.75, 3.05) is 28.5 Å². The Labute approximate surface area is 216 Å². The number of hydrogen-bond acceptors (Lipinski definition) is 8. The topological polar surface area (TPSA) is 154 Å². The van der Waals surface area contributed by atoms with Crippen molar-refractivity contribution >= 4 is 48.4 Å². The number of sulfonamides is 1. The smallest absolute Gasteiger partial charge is 0.269 e. The van der Waals surface area contributed by atoms with E-state index in [1.807, 2.05) is 0 Å². The minimum absolute atomic E-state index is 0.0303. The molecular formula is C24H28N6O5S2. The van der Waals surface area contributed by atoms with Crippen LogP contribution in [0.15, 0.2) is 53.7 Å². The second kappa shape index (κ2) is 10.9. The fourth-order valence-electron chi connectivity index (χ4n) is 4.49. The molecule has 4 rings (SSSR count). The van der Waals surface area contributed by atoms with E-state index in [1.54, 1.807) is 31.2 Å². The molecule has 0 atom stereocenters. The highest BCUT2D eigenvalue weighted by Gasteiger charge is 2.35. The molecule has 2 N–H and O–H groups in total. The monoisotopic (exact) mass is 544 g/mol.